The van der Waals surface area contributed by atoms with Crippen molar-refractivity contribution in [2.45, 2.75) is 13.5 Å². The van der Waals surface area contributed by atoms with E-state index in [1.807, 2.05) is 6.92 Å². The molecule has 0 radical (unpaired) electrons. The number of ether oxygens (including phenoxy) is 2. The van der Waals surface area contributed by atoms with Crippen LogP contribution in [-0.2, 0) is 11.4 Å². The minimum atomic E-state index is -0.452. The number of nitrogens with zero attached hydrogens (tertiary/aromatic N) is 1. The minimum absolute atomic E-state index is 0.0248. The molecule has 0 N–H and O–H groups in total. The van der Waals surface area contributed by atoms with Crippen LogP contribution in [0.15, 0.2) is 70.0 Å². The number of amides is 1. The highest BCUT2D eigenvalue weighted by molar-refractivity contribution is 9.10. The molecule has 0 aliphatic carbocycles. The zero-order valence-electron chi connectivity index (χ0n) is 17.9. The number of benzene rings is 3. The average Bonchev–Trinajstić information content (AvgIpc) is 3.07. The molecule has 4 nitrogen and oxygen atoms in total. The van der Waals surface area contributed by atoms with Crippen LogP contribution in [0.2, 0.25) is 0 Å². The van der Waals surface area contributed by atoms with Gasteiger partial charge in [-0.05, 0) is 70.9 Å². The largest absolute Gasteiger partial charge is 0.490 e. The molecule has 34 heavy (non-hydrogen) atoms. The SMILES string of the molecule is CCOc1cc(/C=C2/SC(=S)N(c3cccc(F)c3)C2=O)cc(Br)c1OCc1ccccc1F. The quantitative estimate of drug-likeness (QED) is 0.227. The average molecular weight is 562 g/mol. The van der Waals surface area contributed by atoms with Gasteiger partial charge in [0.2, 0.25) is 0 Å². The Balaban J connectivity index is 1.61. The summed E-state index contributed by atoms with van der Waals surface area (Å²) in [5.41, 5.74) is 1.47. The second-order valence-electron chi connectivity index (χ2n) is 7.14. The van der Waals surface area contributed by atoms with E-state index >= 15 is 0 Å². The first-order chi connectivity index (χ1) is 16.4. The van der Waals surface area contributed by atoms with E-state index < -0.39 is 5.82 Å². The van der Waals surface area contributed by atoms with E-state index in [-0.39, 0.29) is 18.3 Å². The van der Waals surface area contributed by atoms with E-state index in [0.29, 0.717) is 48.6 Å². The van der Waals surface area contributed by atoms with Crippen LogP contribution in [0, 0.1) is 11.6 Å². The number of hydrogen-bond donors (Lipinski definition) is 0. The molecular weight excluding hydrogens is 544 g/mol. The lowest BCUT2D eigenvalue weighted by molar-refractivity contribution is -0.113. The molecule has 0 aromatic heterocycles. The Morgan fingerprint density at radius 2 is 1.88 bits per heavy atom. The molecule has 4 rings (SSSR count). The third-order valence-electron chi connectivity index (χ3n) is 4.82. The predicted octanol–water partition coefficient (Wildman–Crippen LogP) is 7.11. The Bertz CT molecular complexity index is 1300. The summed E-state index contributed by atoms with van der Waals surface area (Å²) in [5, 5.41) is 0. The Kier molecular flexibility index (Phi) is 7.65. The number of carbonyl (C=O) groups is 1. The predicted molar refractivity (Wildman–Crippen MR) is 138 cm³/mol. The lowest BCUT2D eigenvalue weighted by Gasteiger charge is -2.15. The number of rotatable bonds is 7. The van der Waals surface area contributed by atoms with E-state index in [2.05, 4.69) is 15.9 Å². The van der Waals surface area contributed by atoms with Gasteiger partial charge < -0.3 is 9.47 Å². The fourth-order valence-electron chi connectivity index (χ4n) is 3.30. The van der Waals surface area contributed by atoms with Crippen molar-refractivity contribution in [1.82, 2.24) is 0 Å². The summed E-state index contributed by atoms with van der Waals surface area (Å²) in [6.45, 7) is 2.25. The van der Waals surface area contributed by atoms with Crippen molar-refractivity contribution >= 4 is 61.9 Å². The van der Waals surface area contributed by atoms with Crippen LogP contribution in [0.4, 0.5) is 14.5 Å². The molecule has 1 saturated heterocycles. The molecule has 174 valence electrons. The van der Waals surface area contributed by atoms with E-state index in [9.17, 15) is 13.6 Å². The monoisotopic (exact) mass is 561 g/mol. The number of thioether (sulfide) groups is 1. The molecule has 0 bridgehead atoms. The molecule has 0 saturated carbocycles. The maximum atomic E-state index is 14.0. The summed E-state index contributed by atoms with van der Waals surface area (Å²) in [7, 11) is 0. The topological polar surface area (TPSA) is 38.8 Å². The lowest BCUT2D eigenvalue weighted by atomic mass is 10.1. The molecule has 3 aromatic carbocycles. The van der Waals surface area contributed by atoms with Crippen molar-refractivity contribution in [2.75, 3.05) is 11.5 Å². The first-order valence-corrected chi connectivity index (χ1v) is 12.2. The van der Waals surface area contributed by atoms with Gasteiger partial charge in [0.15, 0.2) is 15.8 Å². The molecule has 0 spiro atoms. The third kappa shape index (κ3) is 5.32. The fourth-order valence-corrected chi connectivity index (χ4v) is 5.17. The molecular formula is C25H18BrF2NO3S2. The fraction of sp³-hybridized carbons (Fsp3) is 0.120. The Hall–Kier alpha value is -2.75. The first-order valence-electron chi connectivity index (χ1n) is 10.2. The van der Waals surface area contributed by atoms with Gasteiger partial charge in [-0.2, -0.15) is 0 Å². The van der Waals surface area contributed by atoms with Crippen molar-refractivity contribution in [3.05, 3.63) is 92.8 Å². The molecule has 0 atom stereocenters. The third-order valence-corrected chi connectivity index (χ3v) is 6.71. The first kappa shape index (κ1) is 24.4. The van der Waals surface area contributed by atoms with Crippen LogP contribution in [0.3, 0.4) is 0 Å². The zero-order chi connectivity index (χ0) is 24.2. The van der Waals surface area contributed by atoms with Gasteiger partial charge in [0, 0.05) is 5.56 Å². The van der Waals surface area contributed by atoms with E-state index in [1.54, 1.807) is 42.5 Å². The van der Waals surface area contributed by atoms with E-state index in [0.717, 1.165) is 11.8 Å². The van der Waals surface area contributed by atoms with Crippen molar-refractivity contribution < 1.29 is 23.0 Å². The molecule has 1 aliphatic heterocycles. The van der Waals surface area contributed by atoms with Crippen LogP contribution in [-0.4, -0.2) is 16.8 Å². The molecule has 1 amide bonds. The summed E-state index contributed by atoms with van der Waals surface area (Å²) in [4.78, 5) is 14.7. The van der Waals surface area contributed by atoms with Crippen molar-refractivity contribution in [1.29, 1.82) is 0 Å². The lowest BCUT2D eigenvalue weighted by Crippen LogP contribution is -2.27. The van der Waals surface area contributed by atoms with Gasteiger partial charge in [0.1, 0.15) is 18.2 Å². The van der Waals surface area contributed by atoms with Crippen molar-refractivity contribution in [3.8, 4) is 11.5 Å². The van der Waals surface area contributed by atoms with Crippen LogP contribution >= 0.6 is 39.9 Å². The van der Waals surface area contributed by atoms with Crippen LogP contribution in [0.1, 0.15) is 18.1 Å². The summed E-state index contributed by atoms with van der Waals surface area (Å²) < 4.78 is 40.1. The number of anilines is 1. The maximum absolute atomic E-state index is 14.0. The van der Waals surface area contributed by atoms with Gasteiger partial charge in [-0.15, -0.1) is 0 Å². The Morgan fingerprint density at radius 3 is 2.62 bits per heavy atom. The molecule has 1 aliphatic rings. The summed E-state index contributed by atoms with van der Waals surface area (Å²) in [6.07, 6.45) is 1.69. The maximum Gasteiger partial charge on any atom is 0.270 e. The number of carbonyl (C=O) groups excluding carboxylic acids is 1. The van der Waals surface area contributed by atoms with Gasteiger partial charge in [-0.25, -0.2) is 8.78 Å². The second-order valence-corrected chi connectivity index (χ2v) is 9.67. The van der Waals surface area contributed by atoms with Gasteiger partial charge in [-0.3, -0.25) is 9.69 Å². The second kappa shape index (κ2) is 10.7. The molecule has 0 unspecified atom stereocenters. The Labute approximate surface area is 213 Å². The molecule has 1 fully saturated rings. The van der Waals surface area contributed by atoms with Crippen LogP contribution in [0.25, 0.3) is 6.08 Å². The van der Waals surface area contributed by atoms with Gasteiger partial charge >= 0.3 is 0 Å². The van der Waals surface area contributed by atoms with Gasteiger partial charge in [-0.1, -0.05) is 48.2 Å². The normalized spacial score (nSPS) is 14.7. The van der Waals surface area contributed by atoms with Crippen LogP contribution in [0.5, 0.6) is 11.5 Å². The standard InChI is InChI=1S/C25H18BrF2NO3S2/c1-2-31-21-11-15(10-19(26)23(21)32-14-16-6-3-4-9-20(16)28)12-22-24(30)29(25(33)34-22)18-8-5-7-17(27)13-18/h3-13H,2,14H2,1H3/b22-12+. The molecule has 9 heteroatoms. The Morgan fingerprint density at radius 1 is 1.09 bits per heavy atom. The summed E-state index contributed by atoms with van der Waals surface area (Å²) in [5.74, 6) is -0.274. The van der Waals surface area contributed by atoms with Crippen molar-refractivity contribution in [2.24, 2.45) is 0 Å². The highest BCUT2D eigenvalue weighted by Crippen LogP contribution is 2.40. The highest BCUT2D eigenvalue weighted by Gasteiger charge is 2.33. The minimum Gasteiger partial charge on any atom is -0.490 e. The molecule has 3 aromatic rings. The smallest absolute Gasteiger partial charge is 0.270 e. The molecule has 1 heterocycles. The van der Waals surface area contributed by atoms with Gasteiger partial charge in [0.25, 0.3) is 5.91 Å². The number of thiocarbonyl (C=S) groups is 1. The zero-order valence-corrected chi connectivity index (χ0v) is 21.1. The van der Waals surface area contributed by atoms with E-state index in [4.69, 9.17) is 21.7 Å². The number of hydrogen-bond acceptors (Lipinski definition) is 5. The summed E-state index contributed by atoms with van der Waals surface area (Å²) >= 11 is 9.99. The van der Waals surface area contributed by atoms with Crippen molar-refractivity contribution in [3.63, 3.8) is 0 Å². The van der Waals surface area contributed by atoms with E-state index in [1.165, 1.54) is 29.2 Å². The van der Waals surface area contributed by atoms with Crippen LogP contribution < -0.4 is 14.4 Å². The summed E-state index contributed by atoms with van der Waals surface area (Å²) in [6, 6.07) is 15.6. The highest BCUT2D eigenvalue weighted by atomic mass is 79.9. The van der Waals surface area contributed by atoms with Gasteiger partial charge in [0.05, 0.1) is 21.7 Å². The number of halogens is 3.